The third kappa shape index (κ3) is 2.58. The van der Waals surface area contributed by atoms with Crippen LogP contribution in [0.2, 0.25) is 0 Å². The largest absolute Gasteiger partial charge is 0.300 e. The number of nitrogens with zero attached hydrogens (tertiary/aromatic N) is 4. The SMILES string of the molecule is CCCCN(C)Cc1cn2cccnc2n1. The minimum atomic E-state index is 0.779. The first-order valence-corrected chi connectivity index (χ1v) is 5.76. The average Bonchev–Trinajstić information content (AvgIpc) is 2.68. The van der Waals surface area contributed by atoms with Crippen molar-refractivity contribution in [2.45, 2.75) is 26.3 Å². The van der Waals surface area contributed by atoms with Gasteiger partial charge in [-0.15, -0.1) is 0 Å². The van der Waals surface area contributed by atoms with Crippen molar-refractivity contribution in [3.8, 4) is 0 Å². The maximum Gasteiger partial charge on any atom is 0.233 e. The van der Waals surface area contributed by atoms with Gasteiger partial charge in [0.1, 0.15) is 0 Å². The Labute approximate surface area is 95.9 Å². The van der Waals surface area contributed by atoms with E-state index in [0.717, 1.165) is 24.6 Å². The van der Waals surface area contributed by atoms with Gasteiger partial charge < -0.3 is 4.90 Å². The molecule has 2 heterocycles. The molecule has 4 nitrogen and oxygen atoms in total. The number of aromatic nitrogens is 3. The monoisotopic (exact) mass is 218 g/mol. The molecule has 0 atom stereocenters. The Bertz CT molecular complexity index is 416. The van der Waals surface area contributed by atoms with E-state index in [1.165, 1.54) is 12.8 Å². The number of hydrogen-bond donors (Lipinski definition) is 0. The quantitative estimate of drug-likeness (QED) is 0.769. The smallest absolute Gasteiger partial charge is 0.233 e. The Balaban J connectivity index is 2.03. The van der Waals surface area contributed by atoms with E-state index >= 15 is 0 Å². The fourth-order valence-electron chi connectivity index (χ4n) is 1.74. The van der Waals surface area contributed by atoms with E-state index in [9.17, 15) is 0 Å². The van der Waals surface area contributed by atoms with Crippen LogP contribution >= 0.6 is 0 Å². The third-order valence-corrected chi connectivity index (χ3v) is 2.61. The molecule has 4 heteroatoms. The van der Waals surface area contributed by atoms with Gasteiger partial charge in [-0.05, 0) is 26.1 Å². The molecule has 2 aromatic rings. The van der Waals surface area contributed by atoms with Crippen molar-refractivity contribution >= 4 is 5.78 Å². The lowest BCUT2D eigenvalue weighted by atomic mass is 10.3. The van der Waals surface area contributed by atoms with Crippen LogP contribution in [0.15, 0.2) is 24.7 Å². The van der Waals surface area contributed by atoms with Crippen LogP contribution in [0.1, 0.15) is 25.5 Å². The normalized spacial score (nSPS) is 11.4. The highest BCUT2D eigenvalue weighted by Gasteiger charge is 2.04. The van der Waals surface area contributed by atoms with E-state index in [4.69, 9.17) is 0 Å². The van der Waals surface area contributed by atoms with Gasteiger partial charge in [0.25, 0.3) is 0 Å². The van der Waals surface area contributed by atoms with E-state index in [2.05, 4.69) is 28.8 Å². The molecule has 86 valence electrons. The van der Waals surface area contributed by atoms with Crippen LogP contribution in [0.4, 0.5) is 0 Å². The maximum absolute atomic E-state index is 4.47. The Hall–Kier alpha value is -1.42. The van der Waals surface area contributed by atoms with Gasteiger partial charge in [-0.3, -0.25) is 4.40 Å². The number of unbranched alkanes of at least 4 members (excludes halogenated alkanes) is 1. The van der Waals surface area contributed by atoms with E-state index in [1.807, 2.05) is 22.9 Å². The van der Waals surface area contributed by atoms with Crippen LogP contribution in [0.5, 0.6) is 0 Å². The van der Waals surface area contributed by atoms with Crippen LogP contribution in [-0.2, 0) is 6.54 Å². The Morgan fingerprint density at radius 1 is 1.44 bits per heavy atom. The second-order valence-corrected chi connectivity index (χ2v) is 4.15. The summed E-state index contributed by atoms with van der Waals surface area (Å²) in [5.74, 6) is 0.779. The van der Waals surface area contributed by atoms with Gasteiger partial charge in [-0.25, -0.2) is 9.97 Å². The highest BCUT2D eigenvalue weighted by molar-refractivity contribution is 5.29. The van der Waals surface area contributed by atoms with Crippen molar-refractivity contribution in [1.82, 2.24) is 19.3 Å². The molecular formula is C12H18N4. The summed E-state index contributed by atoms with van der Waals surface area (Å²) < 4.78 is 1.96. The van der Waals surface area contributed by atoms with E-state index in [0.29, 0.717) is 0 Å². The number of imidazole rings is 1. The first kappa shape index (κ1) is 11.1. The molecule has 2 rings (SSSR count). The predicted molar refractivity (Wildman–Crippen MR) is 64.2 cm³/mol. The standard InChI is InChI=1S/C12H18N4/c1-3-4-7-15(2)9-11-10-16-8-5-6-13-12(16)14-11/h5-6,8,10H,3-4,7,9H2,1-2H3. The lowest BCUT2D eigenvalue weighted by molar-refractivity contribution is 0.317. The highest BCUT2D eigenvalue weighted by Crippen LogP contribution is 2.05. The molecule has 0 saturated carbocycles. The molecule has 2 aromatic heterocycles. The fourth-order valence-corrected chi connectivity index (χ4v) is 1.74. The van der Waals surface area contributed by atoms with Crippen molar-refractivity contribution in [2.75, 3.05) is 13.6 Å². The first-order valence-electron chi connectivity index (χ1n) is 5.76. The molecule has 0 spiro atoms. The summed E-state index contributed by atoms with van der Waals surface area (Å²) in [6, 6.07) is 1.92. The Kier molecular flexibility index (Phi) is 3.51. The van der Waals surface area contributed by atoms with Crippen LogP contribution in [-0.4, -0.2) is 32.9 Å². The highest BCUT2D eigenvalue weighted by atomic mass is 15.1. The van der Waals surface area contributed by atoms with Crippen LogP contribution in [0.3, 0.4) is 0 Å². The third-order valence-electron chi connectivity index (χ3n) is 2.61. The number of hydrogen-bond acceptors (Lipinski definition) is 3. The zero-order valence-corrected chi connectivity index (χ0v) is 9.93. The molecule has 0 N–H and O–H groups in total. The van der Waals surface area contributed by atoms with Crippen molar-refractivity contribution in [1.29, 1.82) is 0 Å². The molecule has 0 bridgehead atoms. The van der Waals surface area contributed by atoms with Gasteiger partial charge in [0.15, 0.2) is 0 Å². The van der Waals surface area contributed by atoms with Gasteiger partial charge in [0.05, 0.1) is 5.69 Å². The van der Waals surface area contributed by atoms with Crippen molar-refractivity contribution in [3.05, 3.63) is 30.4 Å². The molecule has 0 saturated heterocycles. The molecular weight excluding hydrogens is 200 g/mol. The minimum Gasteiger partial charge on any atom is -0.300 e. The van der Waals surface area contributed by atoms with Gasteiger partial charge in [-0.2, -0.15) is 0 Å². The molecule has 0 aliphatic heterocycles. The van der Waals surface area contributed by atoms with E-state index < -0.39 is 0 Å². The number of rotatable bonds is 5. The topological polar surface area (TPSA) is 33.4 Å². The first-order chi connectivity index (χ1) is 7.79. The fraction of sp³-hybridized carbons (Fsp3) is 0.500. The van der Waals surface area contributed by atoms with Crippen LogP contribution in [0, 0.1) is 0 Å². The van der Waals surface area contributed by atoms with Gasteiger partial charge >= 0.3 is 0 Å². The molecule has 0 aromatic carbocycles. The van der Waals surface area contributed by atoms with Crippen molar-refractivity contribution < 1.29 is 0 Å². The number of fused-ring (bicyclic) bond motifs is 1. The van der Waals surface area contributed by atoms with Gasteiger partial charge in [0, 0.05) is 25.1 Å². The zero-order valence-electron chi connectivity index (χ0n) is 9.93. The van der Waals surface area contributed by atoms with Gasteiger partial charge in [0.2, 0.25) is 5.78 Å². The summed E-state index contributed by atoms with van der Waals surface area (Å²) in [4.78, 5) is 11.0. The van der Waals surface area contributed by atoms with Gasteiger partial charge in [-0.1, -0.05) is 13.3 Å². The van der Waals surface area contributed by atoms with Crippen LogP contribution < -0.4 is 0 Å². The summed E-state index contributed by atoms with van der Waals surface area (Å²) >= 11 is 0. The molecule has 0 aliphatic rings. The summed E-state index contributed by atoms with van der Waals surface area (Å²) in [5, 5.41) is 0. The minimum absolute atomic E-state index is 0.779. The molecule has 16 heavy (non-hydrogen) atoms. The summed E-state index contributed by atoms with van der Waals surface area (Å²) in [6.45, 7) is 4.23. The zero-order chi connectivity index (χ0) is 11.4. The summed E-state index contributed by atoms with van der Waals surface area (Å²) in [5.41, 5.74) is 1.08. The molecule has 0 fully saturated rings. The maximum atomic E-state index is 4.47. The predicted octanol–water partition coefficient (Wildman–Crippen LogP) is 1.96. The molecule has 0 radical (unpaired) electrons. The summed E-state index contributed by atoms with van der Waals surface area (Å²) in [6.07, 6.45) is 8.27. The van der Waals surface area contributed by atoms with Crippen molar-refractivity contribution in [2.24, 2.45) is 0 Å². The Morgan fingerprint density at radius 2 is 2.31 bits per heavy atom. The second kappa shape index (κ2) is 5.07. The Morgan fingerprint density at radius 3 is 3.06 bits per heavy atom. The van der Waals surface area contributed by atoms with Crippen molar-refractivity contribution in [3.63, 3.8) is 0 Å². The van der Waals surface area contributed by atoms with Crippen LogP contribution in [0.25, 0.3) is 5.78 Å². The van der Waals surface area contributed by atoms with E-state index in [-0.39, 0.29) is 0 Å². The second-order valence-electron chi connectivity index (χ2n) is 4.15. The average molecular weight is 218 g/mol. The molecule has 0 amide bonds. The lowest BCUT2D eigenvalue weighted by Crippen LogP contribution is -2.19. The lowest BCUT2D eigenvalue weighted by Gasteiger charge is -2.13. The molecule has 0 aliphatic carbocycles. The van der Waals surface area contributed by atoms with E-state index in [1.54, 1.807) is 6.20 Å². The summed E-state index contributed by atoms with van der Waals surface area (Å²) in [7, 11) is 2.13. The molecule has 0 unspecified atom stereocenters.